The van der Waals surface area contributed by atoms with Crippen molar-refractivity contribution in [2.75, 3.05) is 0 Å². The van der Waals surface area contributed by atoms with Gasteiger partial charge in [-0.2, -0.15) is 4.68 Å². The topological polar surface area (TPSA) is 88.5 Å². The standard InChI is InChI=1S/C18H15BrN6O/c1-11(17-22-23-24-25(17)15-4-2-3-14(19)10-15)21-18(26)13-6-5-12-7-8-20-16(12)9-13/h2-11,20H,1H3,(H,21,26). The minimum absolute atomic E-state index is 0.183. The highest BCUT2D eigenvalue weighted by atomic mass is 79.9. The van der Waals surface area contributed by atoms with E-state index in [2.05, 4.69) is 41.8 Å². The van der Waals surface area contributed by atoms with Crippen LogP contribution < -0.4 is 5.32 Å². The van der Waals surface area contributed by atoms with Crippen LogP contribution in [0.1, 0.15) is 29.1 Å². The molecule has 0 fully saturated rings. The minimum atomic E-state index is -0.365. The monoisotopic (exact) mass is 410 g/mol. The zero-order valence-corrected chi connectivity index (χ0v) is 15.4. The van der Waals surface area contributed by atoms with Gasteiger partial charge in [0.15, 0.2) is 5.82 Å². The Morgan fingerprint density at radius 1 is 1.23 bits per heavy atom. The highest BCUT2D eigenvalue weighted by molar-refractivity contribution is 9.10. The molecule has 0 radical (unpaired) electrons. The van der Waals surface area contributed by atoms with E-state index < -0.39 is 0 Å². The minimum Gasteiger partial charge on any atom is -0.361 e. The summed E-state index contributed by atoms with van der Waals surface area (Å²) >= 11 is 3.44. The number of tetrazole rings is 1. The Balaban J connectivity index is 1.57. The first kappa shape index (κ1) is 16.5. The van der Waals surface area contributed by atoms with E-state index >= 15 is 0 Å². The molecule has 7 nitrogen and oxygen atoms in total. The molecule has 2 aromatic carbocycles. The molecule has 8 heteroatoms. The Morgan fingerprint density at radius 3 is 2.96 bits per heavy atom. The summed E-state index contributed by atoms with van der Waals surface area (Å²) in [5, 5.41) is 15.9. The molecular formula is C18H15BrN6O. The van der Waals surface area contributed by atoms with Crippen LogP contribution in [0.3, 0.4) is 0 Å². The van der Waals surface area contributed by atoms with Gasteiger partial charge in [-0.15, -0.1) is 5.10 Å². The molecule has 0 spiro atoms. The SMILES string of the molecule is CC(NC(=O)c1ccc2cc[nH]c2c1)c1nnnn1-c1cccc(Br)c1. The third kappa shape index (κ3) is 3.11. The summed E-state index contributed by atoms with van der Waals surface area (Å²) in [7, 11) is 0. The molecule has 0 saturated carbocycles. The summed E-state index contributed by atoms with van der Waals surface area (Å²) < 4.78 is 2.54. The molecular weight excluding hydrogens is 396 g/mol. The molecule has 0 saturated heterocycles. The fourth-order valence-corrected chi connectivity index (χ4v) is 3.18. The number of benzene rings is 2. The van der Waals surface area contributed by atoms with Crippen LogP contribution in [0.15, 0.2) is 59.2 Å². The lowest BCUT2D eigenvalue weighted by Gasteiger charge is -2.14. The molecule has 1 amide bonds. The fourth-order valence-electron chi connectivity index (χ4n) is 2.79. The number of amides is 1. The maximum Gasteiger partial charge on any atom is 0.251 e. The number of aromatic amines is 1. The number of halogens is 1. The number of hydrogen-bond donors (Lipinski definition) is 2. The summed E-state index contributed by atoms with van der Waals surface area (Å²) in [6.07, 6.45) is 1.85. The van der Waals surface area contributed by atoms with Crippen LogP contribution in [0, 0.1) is 0 Å². The summed E-state index contributed by atoms with van der Waals surface area (Å²) in [4.78, 5) is 15.7. The molecule has 0 aliphatic heterocycles. The predicted molar refractivity (Wildman–Crippen MR) is 101 cm³/mol. The molecule has 0 aliphatic rings. The molecule has 1 unspecified atom stereocenters. The zero-order chi connectivity index (χ0) is 18.1. The second kappa shape index (κ2) is 6.72. The van der Waals surface area contributed by atoms with Crippen molar-refractivity contribution >= 4 is 32.7 Å². The van der Waals surface area contributed by atoms with Gasteiger partial charge in [0, 0.05) is 21.7 Å². The zero-order valence-electron chi connectivity index (χ0n) is 13.8. The van der Waals surface area contributed by atoms with Gasteiger partial charge < -0.3 is 10.3 Å². The van der Waals surface area contributed by atoms with Crippen molar-refractivity contribution < 1.29 is 4.79 Å². The Bertz CT molecular complexity index is 1090. The van der Waals surface area contributed by atoms with Crippen LogP contribution in [0.2, 0.25) is 0 Å². The molecule has 0 bridgehead atoms. The largest absolute Gasteiger partial charge is 0.361 e. The van der Waals surface area contributed by atoms with Crippen LogP contribution in [-0.4, -0.2) is 31.1 Å². The number of hydrogen-bond acceptors (Lipinski definition) is 4. The number of carbonyl (C=O) groups excluding carboxylic acids is 1. The third-order valence-electron chi connectivity index (χ3n) is 4.10. The lowest BCUT2D eigenvalue weighted by atomic mass is 10.1. The Labute approximate surface area is 157 Å². The molecule has 2 heterocycles. The van der Waals surface area contributed by atoms with Gasteiger partial charge >= 0.3 is 0 Å². The van der Waals surface area contributed by atoms with Crippen molar-refractivity contribution in [1.82, 2.24) is 30.5 Å². The lowest BCUT2D eigenvalue weighted by Crippen LogP contribution is -2.28. The number of nitrogens with one attached hydrogen (secondary N) is 2. The first-order valence-corrected chi connectivity index (χ1v) is 8.83. The average molecular weight is 411 g/mol. The molecule has 4 aromatic rings. The first-order valence-electron chi connectivity index (χ1n) is 8.04. The number of aromatic nitrogens is 5. The van der Waals surface area contributed by atoms with E-state index in [1.165, 1.54) is 0 Å². The van der Waals surface area contributed by atoms with Crippen molar-refractivity contribution in [2.24, 2.45) is 0 Å². The molecule has 26 heavy (non-hydrogen) atoms. The molecule has 1 atom stereocenters. The predicted octanol–water partition coefficient (Wildman–Crippen LogP) is 3.40. The number of nitrogens with zero attached hydrogens (tertiary/aromatic N) is 4. The smallest absolute Gasteiger partial charge is 0.251 e. The van der Waals surface area contributed by atoms with E-state index in [0.29, 0.717) is 11.4 Å². The molecule has 0 aliphatic carbocycles. The number of carbonyl (C=O) groups is 1. The fraction of sp³-hybridized carbons (Fsp3) is 0.111. The summed E-state index contributed by atoms with van der Waals surface area (Å²) in [5.41, 5.74) is 2.31. The average Bonchev–Trinajstić information content (AvgIpc) is 3.30. The van der Waals surface area contributed by atoms with Crippen molar-refractivity contribution in [2.45, 2.75) is 13.0 Å². The lowest BCUT2D eigenvalue weighted by molar-refractivity contribution is 0.0938. The maximum atomic E-state index is 12.6. The van der Waals surface area contributed by atoms with Gasteiger partial charge in [-0.3, -0.25) is 4.79 Å². The highest BCUT2D eigenvalue weighted by Gasteiger charge is 2.19. The van der Waals surface area contributed by atoms with E-state index in [-0.39, 0.29) is 11.9 Å². The summed E-state index contributed by atoms with van der Waals surface area (Å²) in [5.74, 6) is 0.371. The maximum absolute atomic E-state index is 12.6. The van der Waals surface area contributed by atoms with E-state index in [9.17, 15) is 4.79 Å². The van der Waals surface area contributed by atoms with Crippen LogP contribution in [0.25, 0.3) is 16.6 Å². The molecule has 4 rings (SSSR count). The van der Waals surface area contributed by atoms with Gasteiger partial charge in [-0.25, -0.2) is 0 Å². The van der Waals surface area contributed by atoms with Crippen LogP contribution in [0.5, 0.6) is 0 Å². The van der Waals surface area contributed by atoms with Crippen molar-refractivity contribution in [1.29, 1.82) is 0 Å². The summed E-state index contributed by atoms with van der Waals surface area (Å²) in [6, 6.07) is 14.8. The second-order valence-electron chi connectivity index (χ2n) is 5.90. The number of rotatable bonds is 4. The third-order valence-corrected chi connectivity index (χ3v) is 4.59. The number of H-pyrrole nitrogens is 1. The van der Waals surface area contributed by atoms with Crippen LogP contribution in [-0.2, 0) is 0 Å². The van der Waals surface area contributed by atoms with E-state index in [1.807, 2.05) is 55.6 Å². The van der Waals surface area contributed by atoms with E-state index in [0.717, 1.165) is 21.1 Å². The van der Waals surface area contributed by atoms with Gasteiger partial charge in [0.05, 0.1) is 11.7 Å². The molecule has 2 N–H and O–H groups in total. The van der Waals surface area contributed by atoms with Gasteiger partial charge in [0.2, 0.25) is 0 Å². The normalized spacial score (nSPS) is 12.2. The highest BCUT2D eigenvalue weighted by Crippen LogP contribution is 2.19. The Morgan fingerprint density at radius 2 is 2.12 bits per heavy atom. The Kier molecular flexibility index (Phi) is 4.26. The summed E-state index contributed by atoms with van der Waals surface area (Å²) in [6.45, 7) is 1.85. The van der Waals surface area contributed by atoms with Gasteiger partial charge in [0.25, 0.3) is 5.91 Å². The van der Waals surface area contributed by atoms with Gasteiger partial charge in [-0.1, -0.05) is 28.1 Å². The quantitative estimate of drug-likeness (QED) is 0.539. The van der Waals surface area contributed by atoms with Crippen LogP contribution in [0.4, 0.5) is 0 Å². The second-order valence-corrected chi connectivity index (χ2v) is 6.82. The van der Waals surface area contributed by atoms with Gasteiger partial charge in [0.1, 0.15) is 0 Å². The number of fused-ring (bicyclic) bond motifs is 1. The van der Waals surface area contributed by atoms with E-state index in [1.54, 1.807) is 10.7 Å². The van der Waals surface area contributed by atoms with Gasteiger partial charge in [-0.05, 0) is 59.1 Å². The van der Waals surface area contributed by atoms with Crippen molar-refractivity contribution in [3.63, 3.8) is 0 Å². The van der Waals surface area contributed by atoms with Crippen molar-refractivity contribution in [3.05, 3.63) is 70.6 Å². The first-order chi connectivity index (χ1) is 12.6. The molecule has 130 valence electrons. The Hall–Kier alpha value is -3.00. The van der Waals surface area contributed by atoms with Crippen LogP contribution >= 0.6 is 15.9 Å². The van der Waals surface area contributed by atoms with E-state index in [4.69, 9.17) is 0 Å². The molecule has 2 aromatic heterocycles. The van der Waals surface area contributed by atoms with Crippen molar-refractivity contribution in [3.8, 4) is 5.69 Å².